The summed E-state index contributed by atoms with van der Waals surface area (Å²) in [5.74, 6) is 0.786. The molecule has 116 valence electrons. The van der Waals surface area contributed by atoms with Gasteiger partial charge in [0.1, 0.15) is 0 Å². The molecule has 0 bridgehead atoms. The van der Waals surface area contributed by atoms with Gasteiger partial charge in [-0.25, -0.2) is 0 Å². The van der Waals surface area contributed by atoms with Crippen LogP contribution in [0.25, 0.3) is 0 Å². The van der Waals surface area contributed by atoms with Gasteiger partial charge in [0, 0.05) is 12.1 Å². The first-order chi connectivity index (χ1) is 8.68. The fraction of sp³-hybridized carbons (Fsp3) is 1.00. The highest BCUT2D eigenvalue weighted by Crippen LogP contribution is 2.22. The summed E-state index contributed by atoms with van der Waals surface area (Å²) in [6.07, 6.45) is 3.74. The molecule has 2 atom stereocenters. The van der Waals surface area contributed by atoms with E-state index in [4.69, 9.17) is 0 Å². The Balaban J connectivity index is 4.23. The molecule has 2 unspecified atom stereocenters. The second-order valence-corrected chi connectivity index (χ2v) is 7.62. The number of nitrogens with one attached hydrogen (secondary N) is 1. The normalized spacial score (nSPS) is 16.1. The summed E-state index contributed by atoms with van der Waals surface area (Å²) in [7, 11) is 2.27. The summed E-state index contributed by atoms with van der Waals surface area (Å²) in [6, 6.07) is 1.30. The van der Waals surface area contributed by atoms with E-state index in [1.807, 2.05) is 0 Å². The van der Waals surface area contributed by atoms with Gasteiger partial charge in [-0.3, -0.25) is 0 Å². The van der Waals surface area contributed by atoms with E-state index in [2.05, 4.69) is 65.7 Å². The lowest BCUT2D eigenvalue weighted by Crippen LogP contribution is -2.43. The molecular weight excluding hydrogens is 232 g/mol. The van der Waals surface area contributed by atoms with Crippen molar-refractivity contribution in [2.24, 2.45) is 11.3 Å². The predicted octanol–water partition coefficient (Wildman–Crippen LogP) is 4.16. The summed E-state index contributed by atoms with van der Waals surface area (Å²) < 4.78 is 0. The van der Waals surface area contributed by atoms with Crippen LogP contribution in [0.4, 0.5) is 0 Å². The molecule has 0 radical (unpaired) electrons. The molecule has 2 heteroatoms. The van der Waals surface area contributed by atoms with Crippen molar-refractivity contribution in [2.45, 2.75) is 79.8 Å². The maximum atomic E-state index is 3.72. The third-order valence-electron chi connectivity index (χ3n) is 4.02. The summed E-state index contributed by atoms with van der Waals surface area (Å²) >= 11 is 0. The maximum Gasteiger partial charge on any atom is 0.0128 e. The van der Waals surface area contributed by atoms with Crippen molar-refractivity contribution in [1.82, 2.24) is 10.2 Å². The molecule has 0 fully saturated rings. The van der Waals surface area contributed by atoms with E-state index in [9.17, 15) is 0 Å². The highest BCUT2D eigenvalue weighted by atomic mass is 15.1. The van der Waals surface area contributed by atoms with Crippen molar-refractivity contribution in [3.8, 4) is 0 Å². The van der Waals surface area contributed by atoms with Crippen LogP contribution < -0.4 is 5.32 Å². The first-order valence-corrected chi connectivity index (χ1v) is 8.12. The molecule has 0 aromatic rings. The van der Waals surface area contributed by atoms with Crippen molar-refractivity contribution in [3.05, 3.63) is 0 Å². The standard InChI is InChI=1S/C17H38N2/c1-9-11-18-16(17(5,6)7)10-12-19(8)15(4)13-14(2)3/h14-16,18H,9-13H2,1-8H3. The quantitative estimate of drug-likeness (QED) is 0.677. The molecule has 0 aromatic carbocycles. The van der Waals surface area contributed by atoms with Gasteiger partial charge in [0.25, 0.3) is 0 Å². The number of hydrogen-bond donors (Lipinski definition) is 1. The van der Waals surface area contributed by atoms with Crippen LogP contribution in [0.2, 0.25) is 0 Å². The predicted molar refractivity (Wildman–Crippen MR) is 87.7 cm³/mol. The lowest BCUT2D eigenvalue weighted by molar-refractivity contribution is 0.185. The Morgan fingerprint density at radius 1 is 1.11 bits per heavy atom. The van der Waals surface area contributed by atoms with Gasteiger partial charge < -0.3 is 10.2 Å². The minimum absolute atomic E-state index is 0.345. The second-order valence-electron chi connectivity index (χ2n) is 7.62. The van der Waals surface area contributed by atoms with Gasteiger partial charge in [0.05, 0.1) is 0 Å². The smallest absolute Gasteiger partial charge is 0.0128 e. The number of nitrogens with zero attached hydrogens (tertiary/aromatic N) is 1. The molecule has 0 aliphatic heterocycles. The molecular formula is C17H38N2. The highest BCUT2D eigenvalue weighted by molar-refractivity contribution is 4.81. The van der Waals surface area contributed by atoms with Crippen molar-refractivity contribution in [3.63, 3.8) is 0 Å². The molecule has 0 saturated carbocycles. The van der Waals surface area contributed by atoms with Gasteiger partial charge in [-0.15, -0.1) is 0 Å². The Morgan fingerprint density at radius 2 is 1.68 bits per heavy atom. The van der Waals surface area contributed by atoms with E-state index in [0.29, 0.717) is 17.5 Å². The fourth-order valence-corrected chi connectivity index (χ4v) is 2.58. The number of rotatable bonds is 9. The lowest BCUT2D eigenvalue weighted by atomic mass is 9.84. The molecule has 0 aliphatic rings. The maximum absolute atomic E-state index is 3.72. The second kappa shape index (κ2) is 8.97. The van der Waals surface area contributed by atoms with E-state index in [-0.39, 0.29) is 0 Å². The summed E-state index contributed by atoms with van der Waals surface area (Å²) in [5.41, 5.74) is 0.345. The molecule has 19 heavy (non-hydrogen) atoms. The van der Waals surface area contributed by atoms with E-state index >= 15 is 0 Å². The third-order valence-corrected chi connectivity index (χ3v) is 4.02. The Morgan fingerprint density at radius 3 is 2.11 bits per heavy atom. The van der Waals surface area contributed by atoms with Crippen LogP contribution in [-0.4, -0.2) is 37.1 Å². The first-order valence-electron chi connectivity index (χ1n) is 8.12. The average Bonchev–Trinajstić information content (AvgIpc) is 2.25. The molecule has 2 nitrogen and oxygen atoms in total. The Labute approximate surface area is 122 Å². The zero-order chi connectivity index (χ0) is 15.1. The van der Waals surface area contributed by atoms with Crippen LogP contribution in [0.5, 0.6) is 0 Å². The topological polar surface area (TPSA) is 15.3 Å². The molecule has 0 amide bonds. The van der Waals surface area contributed by atoms with Gasteiger partial charge in [-0.2, -0.15) is 0 Å². The third kappa shape index (κ3) is 8.65. The minimum Gasteiger partial charge on any atom is -0.313 e. The zero-order valence-electron chi connectivity index (χ0n) is 14.7. The fourth-order valence-electron chi connectivity index (χ4n) is 2.58. The minimum atomic E-state index is 0.345. The van der Waals surface area contributed by atoms with Crippen LogP contribution in [-0.2, 0) is 0 Å². The zero-order valence-corrected chi connectivity index (χ0v) is 14.7. The summed E-state index contributed by atoms with van der Waals surface area (Å²) in [5, 5.41) is 3.72. The van der Waals surface area contributed by atoms with Crippen LogP contribution in [0.3, 0.4) is 0 Å². The van der Waals surface area contributed by atoms with Gasteiger partial charge >= 0.3 is 0 Å². The van der Waals surface area contributed by atoms with Crippen molar-refractivity contribution >= 4 is 0 Å². The van der Waals surface area contributed by atoms with E-state index in [1.54, 1.807) is 0 Å². The Hall–Kier alpha value is -0.0800. The van der Waals surface area contributed by atoms with Gasteiger partial charge in [-0.05, 0) is 57.7 Å². The summed E-state index contributed by atoms with van der Waals surface area (Å²) in [6.45, 7) is 18.6. The molecule has 0 spiro atoms. The monoisotopic (exact) mass is 270 g/mol. The van der Waals surface area contributed by atoms with Crippen molar-refractivity contribution in [2.75, 3.05) is 20.1 Å². The van der Waals surface area contributed by atoms with Crippen molar-refractivity contribution in [1.29, 1.82) is 0 Å². The molecule has 0 rings (SSSR count). The largest absolute Gasteiger partial charge is 0.313 e. The van der Waals surface area contributed by atoms with Crippen LogP contribution in [0.15, 0.2) is 0 Å². The van der Waals surface area contributed by atoms with Gasteiger partial charge in [0.15, 0.2) is 0 Å². The van der Waals surface area contributed by atoms with Crippen LogP contribution in [0.1, 0.15) is 67.7 Å². The molecule has 0 heterocycles. The molecule has 0 aliphatic carbocycles. The molecule has 1 N–H and O–H groups in total. The van der Waals surface area contributed by atoms with Gasteiger partial charge in [-0.1, -0.05) is 41.5 Å². The van der Waals surface area contributed by atoms with E-state index < -0.39 is 0 Å². The highest BCUT2D eigenvalue weighted by Gasteiger charge is 2.24. The van der Waals surface area contributed by atoms with Crippen LogP contribution >= 0.6 is 0 Å². The van der Waals surface area contributed by atoms with E-state index in [1.165, 1.54) is 25.8 Å². The van der Waals surface area contributed by atoms with Crippen LogP contribution in [0, 0.1) is 11.3 Å². The van der Waals surface area contributed by atoms with E-state index in [0.717, 1.165) is 12.5 Å². The summed E-state index contributed by atoms with van der Waals surface area (Å²) in [4.78, 5) is 2.52. The number of hydrogen-bond acceptors (Lipinski definition) is 2. The average molecular weight is 271 g/mol. The molecule has 0 aromatic heterocycles. The van der Waals surface area contributed by atoms with Gasteiger partial charge in [0.2, 0.25) is 0 Å². The lowest BCUT2D eigenvalue weighted by Gasteiger charge is -2.34. The Bertz CT molecular complexity index is 218. The first kappa shape index (κ1) is 18.9. The molecule has 0 saturated heterocycles. The Kier molecular flexibility index (Phi) is 8.93. The van der Waals surface area contributed by atoms with Crippen molar-refractivity contribution < 1.29 is 0 Å². The SMILES string of the molecule is CCCNC(CCN(C)C(C)CC(C)C)C(C)(C)C.